The zero-order valence-electron chi connectivity index (χ0n) is 12.4. The molecule has 110 valence electrons. The summed E-state index contributed by atoms with van der Waals surface area (Å²) in [5.41, 5.74) is 0.727. The van der Waals surface area contributed by atoms with E-state index in [1.165, 1.54) is 32.1 Å². The molecule has 0 spiro atoms. The van der Waals surface area contributed by atoms with E-state index in [2.05, 4.69) is 13.5 Å². The maximum absolute atomic E-state index is 12.4. The zero-order chi connectivity index (χ0) is 14.8. The van der Waals surface area contributed by atoms with Gasteiger partial charge in [0.25, 0.3) is 0 Å². The molecule has 20 heavy (non-hydrogen) atoms. The lowest BCUT2D eigenvalue weighted by molar-refractivity contribution is 0.0936. The quantitative estimate of drug-likeness (QED) is 0.382. The van der Waals surface area contributed by atoms with Crippen molar-refractivity contribution in [3.63, 3.8) is 0 Å². The number of allylic oxidation sites excluding steroid dienone is 1. The third-order valence-electron chi connectivity index (χ3n) is 3.60. The first-order chi connectivity index (χ1) is 9.66. The van der Waals surface area contributed by atoms with E-state index < -0.39 is 0 Å². The molecule has 1 nitrogen and oxygen atoms in total. The fourth-order valence-electron chi connectivity index (χ4n) is 2.36. The van der Waals surface area contributed by atoms with E-state index in [-0.39, 0.29) is 11.7 Å². The summed E-state index contributed by atoms with van der Waals surface area (Å²) in [5, 5.41) is 0.465. The topological polar surface area (TPSA) is 17.1 Å². The summed E-state index contributed by atoms with van der Waals surface area (Å²) in [4.78, 5) is 12.4. The molecule has 1 aromatic rings. The Bertz CT molecular complexity index is 411. The van der Waals surface area contributed by atoms with Crippen molar-refractivity contribution in [2.24, 2.45) is 5.92 Å². The van der Waals surface area contributed by atoms with Crippen molar-refractivity contribution < 1.29 is 4.79 Å². The minimum Gasteiger partial charge on any atom is -0.293 e. The van der Waals surface area contributed by atoms with Crippen molar-refractivity contribution in [2.45, 2.75) is 51.9 Å². The average molecular weight is 293 g/mol. The number of halogens is 1. The highest BCUT2D eigenvalue weighted by Crippen LogP contribution is 2.25. The molecule has 0 amide bonds. The number of ketones is 1. The van der Waals surface area contributed by atoms with Gasteiger partial charge in [0.1, 0.15) is 0 Å². The highest BCUT2D eigenvalue weighted by Gasteiger charge is 2.21. The Morgan fingerprint density at radius 1 is 1.10 bits per heavy atom. The lowest BCUT2D eigenvalue weighted by Crippen LogP contribution is -2.15. The molecule has 0 aromatic heterocycles. The van der Waals surface area contributed by atoms with E-state index in [1.807, 2.05) is 30.3 Å². The Hall–Kier alpha value is -1.08. The van der Waals surface area contributed by atoms with Crippen LogP contribution in [-0.2, 0) is 0 Å². The molecular formula is C18H25ClO. The van der Waals surface area contributed by atoms with Crippen molar-refractivity contribution in [3.05, 3.63) is 47.5 Å². The van der Waals surface area contributed by atoms with Gasteiger partial charge in [0.15, 0.2) is 5.78 Å². The second kappa shape index (κ2) is 9.77. The molecule has 1 aromatic carbocycles. The molecule has 0 aliphatic rings. The number of carbonyl (C=O) groups is 1. The van der Waals surface area contributed by atoms with E-state index in [1.54, 1.807) is 0 Å². The molecule has 1 rings (SSSR count). The summed E-state index contributed by atoms with van der Waals surface area (Å²) in [6.07, 6.45) is 8.11. The summed E-state index contributed by atoms with van der Waals surface area (Å²) in [5.74, 6) is -0.149. The summed E-state index contributed by atoms with van der Waals surface area (Å²) < 4.78 is 0. The van der Waals surface area contributed by atoms with Gasteiger partial charge in [-0.05, 0) is 6.42 Å². The van der Waals surface area contributed by atoms with Crippen molar-refractivity contribution >= 4 is 17.4 Å². The van der Waals surface area contributed by atoms with Gasteiger partial charge >= 0.3 is 0 Å². The van der Waals surface area contributed by atoms with Crippen LogP contribution in [0.15, 0.2) is 41.9 Å². The van der Waals surface area contributed by atoms with Gasteiger partial charge in [-0.1, -0.05) is 94.0 Å². The van der Waals surface area contributed by atoms with Gasteiger partial charge in [0, 0.05) is 10.6 Å². The molecule has 1 unspecified atom stereocenters. The highest BCUT2D eigenvalue weighted by molar-refractivity contribution is 6.31. The van der Waals surface area contributed by atoms with Gasteiger partial charge in [-0.15, -0.1) is 0 Å². The van der Waals surface area contributed by atoms with E-state index in [4.69, 9.17) is 11.6 Å². The Kier molecular flexibility index (Phi) is 8.29. The van der Waals surface area contributed by atoms with Crippen molar-refractivity contribution in [1.29, 1.82) is 0 Å². The van der Waals surface area contributed by atoms with E-state index >= 15 is 0 Å². The van der Waals surface area contributed by atoms with Crippen LogP contribution < -0.4 is 0 Å². The van der Waals surface area contributed by atoms with Crippen molar-refractivity contribution in [3.8, 4) is 0 Å². The predicted octanol–water partition coefficient (Wildman–Crippen LogP) is 5.99. The summed E-state index contributed by atoms with van der Waals surface area (Å²) >= 11 is 6.04. The fourth-order valence-corrected chi connectivity index (χ4v) is 2.57. The zero-order valence-corrected chi connectivity index (χ0v) is 13.2. The number of unbranched alkanes of at least 4 members (excludes halogenated alkanes) is 5. The van der Waals surface area contributed by atoms with Crippen LogP contribution >= 0.6 is 11.6 Å². The molecule has 0 bridgehead atoms. The standard InChI is InChI=1S/C18H25ClO/c1-3-4-5-6-7-11-14-17(15(2)19)18(20)16-12-9-8-10-13-16/h8-10,12-13,17H,2-7,11,14H2,1H3. The molecule has 0 saturated heterocycles. The second-order valence-corrected chi connectivity index (χ2v) is 5.77. The molecule has 0 fully saturated rings. The van der Waals surface area contributed by atoms with E-state index in [0.29, 0.717) is 5.03 Å². The highest BCUT2D eigenvalue weighted by atomic mass is 35.5. The number of rotatable bonds is 10. The number of benzene rings is 1. The predicted molar refractivity (Wildman–Crippen MR) is 87.2 cm³/mol. The molecule has 1 atom stereocenters. The SMILES string of the molecule is C=C(Cl)C(CCCCCCCC)C(=O)c1ccccc1. The monoisotopic (exact) mass is 292 g/mol. The first-order valence-electron chi connectivity index (χ1n) is 7.60. The normalized spacial score (nSPS) is 12.1. The lowest BCUT2D eigenvalue weighted by Gasteiger charge is -2.14. The van der Waals surface area contributed by atoms with Gasteiger partial charge in [-0.3, -0.25) is 4.79 Å². The number of carbonyl (C=O) groups excluding carboxylic acids is 1. The largest absolute Gasteiger partial charge is 0.293 e. The smallest absolute Gasteiger partial charge is 0.171 e. The minimum absolute atomic E-state index is 0.0964. The molecule has 2 heteroatoms. The van der Waals surface area contributed by atoms with Gasteiger partial charge in [-0.25, -0.2) is 0 Å². The third kappa shape index (κ3) is 5.92. The Labute approximate surface area is 128 Å². The van der Waals surface area contributed by atoms with Crippen molar-refractivity contribution in [2.75, 3.05) is 0 Å². The van der Waals surface area contributed by atoms with Gasteiger partial charge in [0.05, 0.1) is 5.92 Å². The Balaban J connectivity index is 2.45. The summed E-state index contributed by atoms with van der Waals surface area (Å²) in [6.45, 7) is 5.99. The molecule has 0 saturated carbocycles. The van der Waals surface area contributed by atoms with Crippen LogP contribution in [0.3, 0.4) is 0 Å². The van der Waals surface area contributed by atoms with Crippen LogP contribution in [0.4, 0.5) is 0 Å². The molecule has 0 aliphatic heterocycles. The van der Waals surface area contributed by atoms with Crippen LogP contribution in [0.2, 0.25) is 0 Å². The fraction of sp³-hybridized carbons (Fsp3) is 0.500. The van der Waals surface area contributed by atoms with Crippen LogP contribution in [0.5, 0.6) is 0 Å². The molecule has 0 aliphatic carbocycles. The Morgan fingerprint density at radius 3 is 2.30 bits per heavy atom. The third-order valence-corrected chi connectivity index (χ3v) is 3.86. The van der Waals surface area contributed by atoms with Crippen LogP contribution in [0.25, 0.3) is 0 Å². The molecule has 0 N–H and O–H groups in total. The number of hydrogen-bond donors (Lipinski definition) is 0. The van der Waals surface area contributed by atoms with Gasteiger partial charge in [-0.2, -0.15) is 0 Å². The first-order valence-corrected chi connectivity index (χ1v) is 7.98. The summed E-state index contributed by atoms with van der Waals surface area (Å²) in [7, 11) is 0. The Morgan fingerprint density at radius 2 is 1.70 bits per heavy atom. The first kappa shape index (κ1) is 17.0. The maximum Gasteiger partial charge on any atom is 0.171 e. The minimum atomic E-state index is -0.245. The number of Topliss-reactive ketones (excluding diaryl/α,β-unsaturated/α-hetero) is 1. The van der Waals surface area contributed by atoms with Crippen LogP contribution in [-0.4, -0.2) is 5.78 Å². The summed E-state index contributed by atoms with van der Waals surface area (Å²) in [6, 6.07) is 9.36. The van der Waals surface area contributed by atoms with E-state index in [9.17, 15) is 4.79 Å². The molecular weight excluding hydrogens is 268 g/mol. The lowest BCUT2D eigenvalue weighted by atomic mass is 9.92. The second-order valence-electron chi connectivity index (χ2n) is 5.29. The molecule has 0 radical (unpaired) electrons. The maximum atomic E-state index is 12.4. The van der Waals surface area contributed by atoms with E-state index in [0.717, 1.165) is 18.4 Å². The molecule has 0 heterocycles. The average Bonchev–Trinajstić information content (AvgIpc) is 2.46. The van der Waals surface area contributed by atoms with Crippen molar-refractivity contribution in [1.82, 2.24) is 0 Å². The van der Waals surface area contributed by atoms with Gasteiger partial charge < -0.3 is 0 Å². The van der Waals surface area contributed by atoms with Crippen LogP contribution in [0.1, 0.15) is 62.2 Å². The van der Waals surface area contributed by atoms with Gasteiger partial charge in [0.2, 0.25) is 0 Å². The number of hydrogen-bond acceptors (Lipinski definition) is 1. The van der Waals surface area contributed by atoms with Crippen LogP contribution in [0, 0.1) is 5.92 Å².